The van der Waals surface area contributed by atoms with Crippen molar-refractivity contribution in [3.63, 3.8) is 0 Å². The van der Waals surface area contributed by atoms with Gasteiger partial charge < -0.3 is 19.9 Å². The van der Waals surface area contributed by atoms with Crippen molar-refractivity contribution < 1.29 is 24.2 Å². The van der Waals surface area contributed by atoms with Crippen molar-refractivity contribution in [2.75, 3.05) is 12.4 Å². The molecule has 144 valence electrons. The number of amides is 1. The van der Waals surface area contributed by atoms with Gasteiger partial charge in [-0.25, -0.2) is 0 Å². The zero-order valence-electron chi connectivity index (χ0n) is 15.5. The molecule has 2 N–H and O–H groups in total. The first-order valence-corrected chi connectivity index (χ1v) is 8.86. The van der Waals surface area contributed by atoms with Gasteiger partial charge in [-0.3, -0.25) is 9.59 Å². The first kappa shape index (κ1) is 18.3. The Kier molecular flexibility index (Phi) is 4.75. The van der Waals surface area contributed by atoms with Crippen molar-refractivity contribution in [3.05, 3.63) is 89.2 Å². The molecule has 1 aliphatic heterocycles. The zero-order chi connectivity index (χ0) is 20.4. The van der Waals surface area contributed by atoms with Crippen molar-refractivity contribution in [1.82, 2.24) is 0 Å². The number of ether oxygens (including phenoxy) is 2. The summed E-state index contributed by atoms with van der Waals surface area (Å²) < 4.78 is 10.7. The minimum Gasteiger partial charge on any atom is -0.508 e. The van der Waals surface area contributed by atoms with Gasteiger partial charge in [0.15, 0.2) is 5.76 Å². The van der Waals surface area contributed by atoms with E-state index in [4.69, 9.17) is 9.47 Å². The number of benzene rings is 3. The van der Waals surface area contributed by atoms with E-state index in [0.717, 1.165) is 0 Å². The molecule has 0 unspecified atom stereocenters. The van der Waals surface area contributed by atoms with Crippen LogP contribution in [0.3, 0.4) is 0 Å². The van der Waals surface area contributed by atoms with Crippen molar-refractivity contribution in [2.45, 2.75) is 0 Å². The molecule has 0 spiro atoms. The number of phenolic OH excluding ortho intramolecular Hbond substituents is 1. The van der Waals surface area contributed by atoms with Crippen LogP contribution in [0.2, 0.25) is 0 Å². The lowest BCUT2D eigenvalue weighted by Crippen LogP contribution is -2.11. The Hall–Kier alpha value is -4.06. The highest BCUT2D eigenvalue weighted by atomic mass is 16.5. The molecule has 0 saturated heterocycles. The summed E-state index contributed by atoms with van der Waals surface area (Å²) >= 11 is 0. The smallest absolute Gasteiger partial charge is 0.255 e. The Morgan fingerprint density at radius 1 is 1.07 bits per heavy atom. The van der Waals surface area contributed by atoms with E-state index in [1.807, 2.05) is 0 Å². The van der Waals surface area contributed by atoms with Gasteiger partial charge in [-0.1, -0.05) is 12.1 Å². The van der Waals surface area contributed by atoms with Gasteiger partial charge in [0.1, 0.15) is 17.2 Å². The first-order chi connectivity index (χ1) is 14.0. The quantitative estimate of drug-likeness (QED) is 0.653. The Balaban J connectivity index is 1.52. The number of methoxy groups -OCH3 is 1. The van der Waals surface area contributed by atoms with Crippen LogP contribution in [0.4, 0.5) is 5.69 Å². The lowest BCUT2D eigenvalue weighted by atomic mass is 10.1. The zero-order valence-corrected chi connectivity index (χ0v) is 15.5. The maximum Gasteiger partial charge on any atom is 0.255 e. The number of phenols is 1. The molecule has 0 aliphatic carbocycles. The van der Waals surface area contributed by atoms with Gasteiger partial charge in [0, 0.05) is 17.3 Å². The lowest BCUT2D eigenvalue weighted by molar-refractivity contribution is 0.101. The van der Waals surface area contributed by atoms with Crippen LogP contribution in [0.15, 0.2) is 72.5 Å². The second kappa shape index (κ2) is 7.52. The molecule has 6 heteroatoms. The maximum absolute atomic E-state index is 12.5. The maximum atomic E-state index is 12.5. The van der Waals surface area contributed by atoms with E-state index in [0.29, 0.717) is 33.9 Å². The van der Waals surface area contributed by atoms with Gasteiger partial charge in [-0.2, -0.15) is 0 Å². The van der Waals surface area contributed by atoms with Crippen LogP contribution in [0, 0.1) is 0 Å². The summed E-state index contributed by atoms with van der Waals surface area (Å²) in [6.07, 6.45) is 1.60. The van der Waals surface area contributed by atoms with Gasteiger partial charge in [-0.05, 0) is 60.2 Å². The molecule has 3 aromatic rings. The molecule has 0 saturated carbocycles. The number of ketones is 1. The third kappa shape index (κ3) is 3.82. The van der Waals surface area contributed by atoms with Crippen LogP contribution in [-0.2, 0) is 0 Å². The van der Waals surface area contributed by atoms with E-state index in [9.17, 15) is 14.7 Å². The van der Waals surface area contributed by atoms with Gasteiger partial charge in [0.2, 0.25) is 5.78 Å². The Morgan fingerprint density at radius 3 is 2.62 bits per heavy atom. The average Bonchev–Trinajstić information content (AvgIpc) is 3.02. The van der Waals surface area contributed by atoms with Crippen LogP contribution < -0.4 is 14.8 Å². The minimum atomic E-state index is -0.257. The highest BCUT2D eigenvalue weighted by molar-refractivity contribution is 6.14. The monoisotopic (exact) mass is 387 g/mol. The molecule has 1 amide bonds. The summed E-state index contributed by atoms with van der Waals surface area (Å²) in [5.41, 5.74) is 2.18. The van der Waals surface area contributed by atoms with E-state index in [1.54, 1.807) is 61.7 Å². The van der Waals surface area contributed by atoms with E-state index in [-0.39, 0.29) is 23.2 Å². The fourth-order valence-corrected chi connectivity index (χ4v) is 2.98. The van der Waals surface area contributed by atoms with Crippen LogP contribution in [0.5, 0.6) is 17.2 Å². The van der Waals surface area contributed by atoms with Gasteiger partial charge in [-0.15, -0.1) is 0 Å². The molecule has 0 fully saturated rings. The topological polar surface area (TPSA) is 84.9 Å². The highest BCUT2D eigenvalue weighted by Gasteiger charge is 2.27. The summed E-state index contributed by atoms with van der Waals surface area (Å²) in [4.78, 5) is 24.9. The van der Waals surface area contributed by atoms with E-state index >= 15 is 0 Å². The number of hydrogen-bond donors (Lipinski definition) is 2. The Morgan fingerprint density at radius 2 is 1.86 bits per heavy atom. The fourth-order valence-electron chi connectivity index (χ4n) is 2.98. The van der Waals surface area contributed by atoms with Crippen molar-refractivity contribution in [2.24, 2.45) is 0 Å². The number of fused-ring (bicyclic) bond motifs is 1. The molecule has 0 atom stereocenters. The molecule has 1 heterocycles. The average molecular weight is 387 g/mol. The molecule has 6 nitrogen and oxygen atoms in total. The standard InChI is InChI=1S/C23H17NO5/c1-28-18-8-5-15(6-9-18)23(27)24-16-4-2-3-14(11-16)12-21-22(26)19-10-7-17(25)13-20(19)29-21/h2-13,25H,1H3,(H,24,27)/b21-12-. The minimum absolute atomic E-state index is 0.0287. The number of Topliss-reactive ketones (excluding diaryl/α,β-unsaturated/α-hetero) is 1. The third-order valence-corrected chi connectivity index (χ3v) is 4.45. The van der Waals surface area contributed by atoms with Crippen molar-refractivity contribution in [1.29, 1.82) is 0 Å². The predicted octanol–water partition coefficient (Wildman–Crippen LogP) is 4.27. The molecular weight excluding hydrogens is 370 g/mol. The number of anilines is 1. The SMILES string of the molecule is COc1ccc(C(=O)Nc2cccc(/C=C3\Oc4cc(O)ccc4C3=O)c2)cc1. The Bertz CT molecular complexity index is 1130. The summed E-state index contributed by atoms with van der Waals surface area (Å²) in [6, 6.07) is 18.2. The molecule has 29 heavy (non-hydrogen) atoms. The van der Waals surface area contributed by atoms with Crippen molar-refractivity contribution in [3.8, 4) is 17.2 Å². The van der Waals surface area contributed by atoms with Crippen LogP contribution >= 0.6 is 0 Å². The normalized spacial score (nSPS) is 13.7. The van der Waals surface area contributed by atoms with Crippen LogP contribution in [0.25, 0.3) is 6.08 Å². The largest absolute Gasteiger partial charge is 0.508 e. The number of hydrogen-bond acceptors (Lipinski definition) is 5. The molecule has 1 aliphatic rings. The summed E-state index contributed by atoms with van der Waals surface area (Å²) in [5, 5.41) is 12.4. The van der Waals surface area contributed by atoms with E-state index < -0.39 is 0 Å². The molecule has 4 rings (SSSR count). The fraction of sp³-hybridized carbons (Fsp3) is 0.0435. The predicted molar refractivity (Wildman–Crippen MR) is 108 cm³/mol. The van der Waals surface area contributed by atoms with Crippen LogP contribution in [-0.4, -0.2) is 23.9 Å². The molecule has 0 aromatic heterocycles. The molecular formula is C23H17NO5. The number of carbonyl (C=O) groups excluding carboxylic acids is 2. The molecule has 3 aromatic carbocycles. The number of nitrogens with one attached hydrogen (secondary N) is 1. The first-order valence-electron chi connectivity index (χ1n) is 8.86. The lowest BCUT2D eigenvalue weighted by Gasteiger charge is -2.07. The van der Waals surface area contributed by atoms with E-state index in [2.05, 4.69) is 5.32 Å². The highest BCUT2D eigenvalue weighted by Crippen LogP contribution is 2.34. The van der Waals surface area contributed by atoms with Gasteiger partial charge >= 0.3 is 0 Å². The van der Waals surface area contributed by atoms with Crippen LogP contribution in [0.1, 0.15) is 26.3 Å². The number of aromatic hydroxyl groups is 1. The third-order valence-electron chi connectivity index (χ3n) is 4.45. The molecule has 0 bridgehead atoms. The second-order valence-electron chi connectivity index (χ2n) is 6.43. The number of allylic oxidation sites excluding steroid dienone is 1. The van der Waals surface area contributed by atoms with E-state index in [1.165, 1.54) is 18.2 Å². The van der Waals surface area contributed by atoms with Crippen molar-refractivity contribution >= 4 is 23.5 Å². The summed E-state index contributed by atoms with van der Waals surface area (Å²) in [6.45, 7) is 0. The van der Waals surface area contributed by atoms with Gasteiger partial charge in [0.05, 0.1) is 12.7 Å². The second-order valence-corrected chi connectivity index (χ2v) is 6.43. The molecule has 0 radical (unpaired) electrons. The summed E-state index contributed by atoms with van der Waals surface area (Å²) in [5.74, 6) is 0.669. The number of rotatable bonds is 4. The van der Waals surface area contributed by atoms with Gasteiger partial charge in [0.25, 0.3) is 5.91 Å². The number of carbonyl (C=O) groups is 2. The summed E-state index contributed by atoms with van der Waals surface area (Å²) in [7, 11) is 1.56. The Labute approximate surface area is 167 Å².